The molecular formula is C24H49N. The van der Waals surface area contributed by atoms with Gasteiger partial charge in [0.15, 0.2) is 0 Å². The molecule has 1 aliphatic rings. The maximum Gasteiger partial charge on any atom is 0.000966 e. The average Bonchev–Trinajstić information content (AvgIpc) is 3.43. The van der Waals surface area contributed by atoms with Gasteiger partial charge in [0.25, 0.3) is 0 Å². The maximum absolute atomic E-state index is 2.81. The summed E-state index contributed by atoms with van der Waals surface area (Å²) in [5.41, 5.74) is 0. The van der Waals surface area contributed by atoms with Crippen LogP contribution in [0, 0.1) is 5.92 Å². The molecule has 1 rings (SSSR count). The van der Waals surface area contributed by atoms with E-state index in [2.05, 4.69) is 18.7 Å². The van der Waals surface area contributed by atoms with Crippen molar-refractivity contribution in [3.05, 3.63) is 0 Å². The van der Waals surface area contributed by atoms with Crippen LogP contribution in [-0.4, -0.2) is 24.5 Å². The van der Waals surface area contributed by atoms with Gasteiger partial charge in [-0.1, -0.05) is 104 Å². The van der Waals surface area contributed by atoms with Crippen molar-refractivity contribution in [2.24, 2.45) is 5.92 Å². The molecule has 0 spiro atoms. The summed E-state index contributed by atoms with van der Waals surface area (Å²) in [5.74, 6) is 1.06. The van der Waals surface area contributed by atoms with Crippen LogP contribution in [0.25, 0.3) is 0 Å². The molecule has 1 fully saturated rings. The van der Waals surface area contributed by atoms with Gasteiger partial charge >= 0.3 is 0 Å². The van der Waals surface area contributed by atoms with Crippen molar-refractivity contribution in [1.29, 1.82) is 0 Å². The van der Waals surface area contributed by atoms with Gasteiger partial charge in [0.05, 0.1) is 0 Å². The molecule has 25 heavy (non-hydrogen) atoms. The molecule has 0 saturated heterocycles. The van der Waals surface area contributed by atoms with Crippen LogP contribution in [0.15, 0.2) is 0 Å². The number of rotatable bonds is 20. The van der Waals surface area contributed by atoms with Crippen LogP contribution in [0.1, 0.15) is 129 Å². The fraction of sp³-hybridized carbons (Fsp3) is 1.00. The van der Waals surface area contributed by atoms with Crippen molar-refractivity contribution in [3.8, 4) is 0 Å². The summed E-state index contributed by atoms with van der Waals surface area (Å²) in [6, 6.07) is 0. The largest absolute Gasteiger partial charge is 0.303 e. The topological polar surface area (TPSA) is 3.24 Å². The van der Waals surface area contributed by atoms with Crippen LogP contribution in [0.4, 0.5) is 0 Å². The second-order valence-electron chi connectivity index (χ2n) is 8.69. The Kier molecular flexibility index (Phi) is 16.0. The van der Waals surface area contributed by atoms with Gasteiger partial charge in [-0.3, -0.25) is 0 Å². The Morgan fingerprint density at radius 1 is 0.520 bits per heavy atom. The zero-order chi connectivity index (χ0) is 18.0. The Hall–Kier alpha value is -0.0400. The van der Waals surface area contributed by atoms with E-state index in [1.54, 1.807) is 0 Å². The van der Waals surface area contributed by atoms with Crippen LogP contribution < -0.4 is 0 Å². The van der Waals surface area contributed by atoms with Gasteiger partial charge in [-0.15, -0.1) is 0 Å². The molecule has 0 bridgehead atoms. The standard InChI is InChI=1S/C24H49N/c1-3-5-7-9-11-13-15-17-21-25(23-24-19-20-24)22-18-16-14-12-10-8-6-4-2/h24H,3-23H2,1-2H3. The molecule has 0 aliphatic heterocycles. The molecule has 0 atom stereocenters. The Morgan fingerprint density at radius 3 is 1.24 bits per heavy atom. The normalized spacial score (nSPS) is 14.5. The molecule has 1 saturated carbocycles. The number of unbranched alkanes of at least 4 members (excludes halogenated alkanes) is 14. The van der Waals surface area contributed by atoms with Crippen LogP contribution in [0.2, 0.25) is 0 Å². The molecule has 1 aliphatic carbocycles. The lowest BCUT2D eigenvalue weighted by atomic mass is 10.1. The second-order valence-corrected chi connectivity index (χ2v) is 8.69. The van der Waals surface area contributed by atoms with E-state index in [1.165, 1.54) is 135 Å². The number of nitrogens with zero attached hydrogens (tertiary/aromatic N) is 1. The lowest BCUT2D eigenvalue weighted by molar-refractivity contribution is 0.250. The third-order valence-electron chi connectivity index (χ3n) is 5.87. The predicted molar refractivity (Wildman–Crippen MR) is 114 cm³/mol. The first-order valence-electron chi connectivity index (χ1n) is 12.1. The monoisotopic (exact) mass is 351 g/mol. The molecule has 0 aromatic carbocycles. The summed E-state index contributed by atoms with van der Waals surface area (Å²) in [6.07, 6.45) is 26.2. The molecular weight excluding hydrogens is 302 g/mol. The third kappa shape index (κ3) is 15.9. The van der Waals surface area contributed by atoms with Gasteiger partial charge in [0.2, 0.25) is 0 Å². The molecule has 0 aromatic heterocycles. The molecule has 1 heteroatoms. The minimum absolute atomic E-state index is 1.06. The highest BCUT2D eigenvalue weighted by atomic mass is 15.1. The number of hydrogen-bond acceptors (Lipinski definition) is 1. The molecule has 1 nitrogen and oxygen atoms in total. The van der Waals surface area contributed by atoms with E-state index in [-0.39, 0.29) is 0 Å². The average molecular weight is 352 g/mol. The highest BCUT2D eigenvalue weighted by Crippen LogP contribution is 2.30. The minimum Gasteiger partial charge on any atom is -0.303 e. The first-order chi connectivity index (χ1) is 12.4. The van der Waals surface area contributed by atoms with Crippen molar-refractivity contribution >= 4 is 0 Å². The zero-order valence-electron chi connectivity index (χ0n) is 17.9. The van der Waals surface area contributed by atoms with E-state index in [0.29, 0.717) is 0 Å². The van der Waals surface area contributed by atoms with Gasteiger partial charge in [-0.25, -0.2) is 0 Å². The quantitative estimate of drug-likeness (QED) is 0.201. The second kappa shape index (κ2) is 17.4. The van der Waals surface area contributed by atoms with Gasteiger partial charge in [0, 0.05) is 6.54 Å². The van der Waals surface area contributed by atoms with E-state index < -0.39 is 0 Å². The minimum atomic E-state index is 1.06. The van der Waals surface area contributed by atoms with Gasteiger partial charge in [-0.2, -0.15) is 0 Å². The van der Waals surface area contributed by atoms with Crippen LogP contribution in [0.3, 0.4) is 0 Å². The van der Waals surface area contributed by atoms with Crippen molar-refractivity contribution in [3.63, 3.8) is 0 Å². The van der Waals surface area contributed by atoms with Gasteiger partial charge in [-0.05, 0) is 44.7 Å². The molecule has 0 amide bonds. The lowest BCUT2D eigenvalue weighted by Gasteiger charge is -2.22. The molecule has 0 N–H and O–H groups in total. The Bertz CT molecular complexity index is 239. The summed E-state index contributed by atoms with van der Waals surface area (Å²) >= 11 is 0. The molecule has 0 heterocycles. The fourth-order valence-electron chi connectivity index (χ4n) is 3.90. The van der Waals surface area contributed by atoms with Crippen LogP contribution in [-0.2, 0) is 0 Å². The van der Waals surface area contributed by atoms with Crippen molar-refractivity contribution in [2.75, 3.05) is 19.6 Å². The molecule has 0 radical (unpaired) electrons. The zero-order valence-corrected chi connectivity index (χ0v) is 17.9. The van der Waals surface area contributed by atoms with Crippen molar-refractivity contribution in [2.45, 2.75) is 129 Å². The molecule has 0 aromatic rings. The van der Waals surface area contributed by atoms with Crippen molar-refractivity contribution in [1.82, 2.24) is 4.90 Å². The van der Waals surface area contributed by atoms with Gasteiger partial charge in [0.1, 0.15) is 0 Å². The first kappa shape index (κ1) is 23.0. The summed E-state index contributed by atoms with van der Waals surface area (Å²) < 4.78 is 0. The maximum atomic E-state index is 2.81. The Balaban J connectivity index is 1.94. The van der Waals surface area contributed by atoms with Crippen LogP contribution >= 0.6 is 0 Å². The van der Waals surface area contributed by atoms with E-state index in [9.17, 15) is 0 Å². The fourth-order valence-corrected chi connectivity index (χ4v) is 3.90. The summed E-state index contributed by atoms with van der Waals surface area (Å²) in [4.78, 5) is 2.81. The van der Waals surface area contributed by atoms with Crippen molar-refractivity contribution < 1.29 is 0 Å². The van der Waals surface area contributed by atoms with E-state index in [0.717, 1.165) is 5.92 Å². The summed E-state index contributed by atoms with van der Waals surface area (Å²) in [7, 11) is 0. The third-order valence-corrected chi connectivity index (χ3v) is 5.87. The highest BCUT2D eigenvalue weighted by molar-refractivity contribution is 4.77. The summed E-state index contributed by atoms with van der Waals surface area (Å²) in [6.45, 7) is 8.78. The summed E-state index contributed by atoms with van der Waals surface area (Å²) in [5, 5.41) is 0. The molecule has 150 valence electrons. The smallest absolute Gasteiger partial charge is 0.000966 e. The lowest BCUT2D eigenvalue weighted by Crippen LogP contribution is -2.28. The first-order valence-corrected chi connectivity index (χ1v) is 12.1. The molecule has 0 unspecified atom stereocenters. The highest BCUT2D eigenvalue weighted by Gasteiger charge is 2.23. The van der Waals surface area contributed by atoms with Gasteiger partial charge < -0.3 is 4.90 Å². The predicted octanol–water partition coefficient (Wildman–Crippen LogP) is 7.98. The van der Waals surface area contributed by atoms with E-state index in [4.69, 9.17) is 0 Å². The SMILES string of the molecule is CCCCCCCCCCN(CCCCCCCCCC)CC1CC1. The van der Waals surface area contributed by atoms with E-state index >= 15 is 0 Å². The van der Waals surface area contributed by atoms with Crippen LogP contribution in [0.5, 0.6) is 0 Å². The van der Waals surface area contributed by atoms with E-state index in [1.807, 2.05) is 0 Å². The Labute approximate surface area is 160 Å². The Morgan fingerprint density at radius 2 is 0.880 bits per heavy atom. The number of hydrogen-bond donors (Lipinski definition) is 0.